The van der Waals surface area contributed by atoms with Gasteiger partial charge in [-0.1, -0.05) is 31.5 Å². The quantitative estimate of drug-likeness (QED) is 0.213. The first-order valence-corrected chi connectivity index (χ1v) is 11.9. The average Bonchev–Trinajstić information content (AvgIpc) is 2.64. The molecule has 0 saturated carbocycles. The average molecular weight is 474 g/mol. The molecule has 0 aliphatic heterocycles. The van der Waals surface area contributed by atoms with E-state index in [-0.39, 0.29) is 16.5 Å². The number of hydrogen-bond acceptors (Lipinski definition) is 7. The molecular formula is C19H23NO7S3. The molecule has 0 bridgehead atoms. The number of benzene rings is 3. The van der Waals surface area contributed by atoms with E-state index in [1.165, 1.54) is 11.6 Å². The van der Waals surface area contributed by atoms with Crippen LogP contribution in [0.25, 0.3) is 10.8 Å². The maximum Gasteiger partial charge on any atom is 0.297 e. The van der Waals surface area contributed by atoms with Crippen molar-refractivity contribution in [2.75, 3.05) is 5.73 Å². The van der Waals surface area contributed by atoms with Crippen LogP contribution in [0.15, 0.2) is 63.2 Å². The van der Waals surface area contributed by atoms with Crippen molar-refractivity contribution in [3.05, 3.63) is 54.1 Å². The fraction of sp³-hybridized carbons (Fsp3) is 0.158. The van der Waals surface area contributed by atoms with Crippen molar-refractivity contribution in [2.24, 2.45) is 0 Å². The number of rotatable bonds is 2. The highest BCUT2D eigenvalue weighted by Gasteiger charge is 2.22. The molecule has 5 N–H and O–H groups in total. The lowest BCUT2D eigenvalue weighted by Crippen LogP contribution is -2.05. The van der Waals surface area contributed by atoms with Crippen molar-refractivity contribution < 1.29 is 31.0 Å². The molecule has 0 radical (unpaired) electrons. The summed E-state index contributed by atoms with van der Waals surface area (Å²) in [6, 6.07) is 12.0. The molecule has 0 heterocycles. The summed E-state index contributed by atoms with van der Waals surface area (Å²) in [5, 5.41) is 9.34. The molecule has 0 aromatic heterocycles. The van der Waals surface area contributed by atoms with Gasteiger partial charge in [-0.05, 0) is 37.3 Å². The second kappa shape index (κ2) is 10.1. The van der Waals surface area contributed by atoms with E-state index in [4.69, 9.17) is 14.8 Å². The third-order valence-corrected chi connectivity index (χ3v) is 5.76. The number of thiol groups is 1. The third kappa shape index (κ3) is 6.61. The highest BCUT2D eigenvalue weighted by molar-refractivity contribution is 7.86. The Morgan fingerprint density at radius 1 is 0.833 bits per heavy atom. The second-order valence-electron chi connectivity index (χ2n) is 5.81. The summed E-state index contributed by atoms with van der Waals surface area (Å²) < 4.78 is 62.9. The maximum absolute atomic E-state index is 11.3. The third-order valence-electron chi connectivity index (χ3n) is 3.66. The van der Waals surface area contributed by atoms with Gasteiger partial charge in [0, 0.05) is 21.7 Å². The minimum absolute atomic E-state index is 0.0424. The van der Waals surface area contributed by atoms with E-state index in [0.29, 0.717) is 0 Å². The van der Waals surface area contributed by atoms with E-state index in [9.17, 15) is 21.9 Å². The molecule has 0 aliphatic rings. The Morgan fingerprint density at radius 3 is 1.80 bits per heavy atom. The van der Waals surface area contributed by atoms with Gasteiger partial charge in [-0.2, -0.15) is 16.8 Å². The van der Waals surface area contributed by atoms with Crippen LogP contribution in [0.5, 0.6) is 5.75 Å². The van der Waals surface area contributed by atoms with Gasteiger partial charge in [0.15, 0.2) is 0 Å². The molecule has 0 spiro atoms. The lowest BCUT2D eigenvalue weighted by molar-refractivity contribution is 0.470. The van der Waals surface area contributed by atoms with Gasteiger partial charge in [-0.15, -0.1) is 12.6 Å². The van der Waals surface area contributed by atoms with E-state index in [0.717, 1.165) is 23.1 Å². The highest BCUT2D eigenvalue weighted by atomic mass is 32.2. The van der Waals surface area contributed by atoms with Crippen LogP contribution >= 0.6 is 12.6 Å². The smallest absolute Gasteiger partial charge is 0.297 e. The number of nitrogen functional groups attached to an aromatic ring is 1. The Hall–Kier alpha value is -2.31. The topological polar surface area (TPSA) is 155 Å². The Bertz CT molecular complexity index is 1220. The number of aryl methyl sites for hydroxylation is 1. The number of fused-ring (bicyclic) bond motifs is 1. The lowest BCUT2D eigenvalue weighted by atomic mass is 10.1. The van der Waals surface area contributed by atoms with Gasteiger partial charge < -0.3 is 10.8 Å². The van der Waals surface area contributed by atoms with Crippen molar-refractivity contribution in [3.8, 4) is 5.75 Å². The second-order valence-corrected chi connectivity index (χ2v) is 9.10. The zero-order valence-corrected chi connectivity index (χ0v) is 19.0. The molecular weight excluding hydrogens is 450 g/mol. The van der Waals surface area contributed by atoms with Crippen molar-refractivity contribution >= 4 is 49.3 Å². The minimum Gasteiger partial charge on any atom is -0.507 e. The molecule has 0 saturated heterocycles. The van der Waals surface area contributed by atoms with Gasteiger partial charge in [0.2, 0.25) is 0 Å². The summed E-state index contributed by atoms with van der Waals surface area (Å²) in [6.45, 7) is 6.06. The highest BCUT2D eigenvalue weighted by Crippen LogP contribution is 2.35. The summed E-state index contributed by atoms with van der Waals surface area (Å²) in [6.07, 6.45) is 0. The van der Waals surface area contributed by atoms with E-state index in [1.807, 2.05) is 38.1 Å². The maximum atomic E-state index is 11.3. The zero-order valence-electron chi connectivity index (χ0n) is 16.4. The molecule has 164 valence electrons. The Balaban J connectivity index is 0.000000375. The van der Waals surface area contributed by atoms with Gasteiger partial charge in [0.1, 0.15) is 10.6 Å². The van der Waals surface area contributed by atoms with Crippen molar-refractivity contribution in [2.45, 2.75) is 35.5 Å². The molecule has 3 aromatic rings. The fourth-order valence-corrected chi connectivity index (χ4v) is 3.85. The molecule has 0 amide bonds. The molecule has 3 rings (SSSR count). The predicted octanol–water partition coefficient (Wildman–Crippen LogP) is 3.93. The number of hydrogen-bond donors (Lipinski definition) is 5. The summed E-state index contributed by atoms with van der Waals surface area (Å²) in [7, 11) is -9.42. The Kier molecular flexibility index (Phi) is 8.69. The molecule has 0 aliphatic carbocycles. The van der Waals surface area contributed by atoms with E-state index >= 15 is 0 Å². The minimum atomic E-state index is -4.75. The van der Waals surface area contributed by atoms with Crippen LogP contribution in [0.4, 0.5) is 5.69 Å². The Labute approximate surface area is 181 Å². The summed E-state index contributed by atoms with van der Waals surface area (Å²) in [4.78, 5) is -0.440. The van der Waals surface area contributed by atoms with Crippen molar-refractivity contribution in [3.63, 3.8) is 0 Å². The van der Waals surface area contributed by atoms with E-state index in [2.05, 4.69) is 19.6 Å². The van der Waals surface area contributed by atoms with Gasteiger partial charge in [-0.25, -0.2) is 0 Å². The van der Waals surface area contributed by atoms with Crippen LogP contribution in [-0.4, -0.2) is 31.0 Å². The molecule has 0 atom stereocenters. The number of phenols is 1. The van der Waals surface area contributed by atoms with Crippen LogP contribution in [-0.2, 0) is 20.2 Å². The monoisotopic (exact) mass is 473 g/mol. The standard InChI is InChI=1S/C10H9NO7S2.C7H8S.C2H6/c11-8-2-1-6-7(10(8)20(16,17)18)3-5(4-9(6)12)19(13,14)15;1-6-2-4-7(8)5-3-6;1-2/h1-4,12H,11H2,(H,13,14,15)(H,16,17,18);2-5,8H,1H3;1-2H3. The zero-order chi connectivity index (χ0) is 23.3. The molecule has 0 unspecified atom stereocenters. The molecule has 3 aromatic carbocycles. The van der Waals surface area contributed by atoms with E-state index < -0.39 is 35.8 Å². The number of aromatic hydroxyl groups is 1. The normalized spacial score (nSPS) is 11.1. The van der Waals surface area contributed by atoms with Crippen LogP contribution < -0.4 is 5.73 Å². The molecule has 0 fully saturated rings. The number of nitrogens with two attached hydrogens (primary N) is 1. The van der Waals surface area contributed by atoms with Crippen LogP contribution in [0.3, 0.4) is 0 Å². The first kappa shape index (κ1) is 25.7. The summed E-state index contributed by atoms with van der Waals surface area (Å²) in [5.74, 6) is -0.583. The SMILES string of the molecule is CC.Cc1ccc(S)cc1.Nc1ccc2c(O)cc(S(=O)(=O)O)cc2c1S(=O)(=O)O. The van der Waals surface area contributed by atoms with Crippen LogP contribution in [0.1, 0.15) is 19.4 Å². The first-order valence-electron chi connectivity index (χ1n) is 8.56. The largest absolute Gasteiger partial charge is 0.507 e. The number of phenolic OH excluding ortho intramolecular Hbond substituents is 1. The first-order chi connectivity index (χ1) is 13.8. The van der Waals surface area contributed by atoms with Gasteiger partial charge in [0.25, 0.3) is 20.2 Å². The van der Waals surface area contributed by atoms with Crippen LogP contribution in [0.2, 0.25) is 0 Å². The number of anilines is 1. The van der Waals surface area contributed by atoms with Gasteiger partial charge in [-0.3, -0.25) is 9.11 Å². The van der Waals surface area contributed by atoms with E-state index in [1.54, 1.807) is 0 Å². The molecule has 11 heteroatoms. The van der Waals surface area contributed by atoms with Crippen molar-refractivity contribution in [1.29, 1.82) is 0 Å². The van der Waals surface area contributed by atoms with Crippen LogP contribution in [0, 0.1) is 6.92 Å². The lowest BCUT2D eigenvalue weighted by Gasteiger charge is -2.10. The van der Waals surface area contributed by atoms with Crippen molar-refractivity contribution in [1.82, 2.24) is 0 Å². The fourth-order valence-electron chi connectivity index (χ4n) is 2.36. The van der Waals surface area contributed by atoms with Gasteiger partial charge >= 0.3 is 0 Å². The molecule has 30 heavy (non-hydrogen) atoms. The Morgan fingerprint density at radius 2 is 1.37 bits per heavy atom. The summed E-state index contributed by atoms with van der Waals surface area (Å²) in [5.41, 5.74) is 6.40. The predicted molar refractivity (Wildman–Crippen MR) is 119 cm³/mol. The molecule has 8 nitrogen and oxygen atoms in total. The van der Waals surface area contributed by atoms with Gasteiger partial charge in [0.05, 0.1) is 10.6 Å². The summed E-state index contributed by atoms with van der Waals surface area (Å²) >= 11 is 4.13.